The molecule has 0 aromatic heterocycles. The fourth-order valence-electron chi connectivity index (χ4n) is 1.80. The maximum Gasteiger partial charge on any atom is 0.309 e. The van der Waals surface area contributed by atoms with Gasteiger partial charge in [-0.15, -0.1) is 0 Å². The summed E-state index contributed by atoms with van der Waals surface area (Å²) in [5.41, 5.74) is 0.828. The molecule has 1 rings (SSSR count). The van der Waals surface area contributed by atoms with Crippen molar-refractivity contribution in [2.75, 3.05) is 0 Å². The van der Waals surface area contributed by atoms with Gasteiger partial charge in [-0.25, -0.2) is 0 Å². The molecule has 2 nitrogen and oxygen atoms in total. The summed E-state index contributed by atoms with van der Waals surface area (Å²) in [6.07, 6.45) is 5.17. The predicted molar refractivity (Wildman–Crippen MR) is 52.5 cm³/mol. The summed E-state index contributed by atoms with van der Waals surface area (Å²) in [6.45, 7) is 5.77. The molecule has 0 saturated heterocycles. The van der Waals surface area contributed by atoms with Crippen LogP contribution in [0, 0.1) is 11.3 Å². The number of allylic oxidation sites excluding steroid dienone is 2. The Kier molecular flexibility index (Phi) is 2.79. The summed E-state index contributed by atoms with van der Waals surface area (Å²) in [4.78, 5) is 11.0. The summed E-state index contributed by atoms with van der Waals surface area (Å²) in [5, 5.41) is 9.04. The van der Waals surface area contributed by atoms with Crippen LogP contribution in [0.4, 0.5) is 0 Å². The second-order valence-electron chi connectivity index (χ2n) is 4.55. The van der Waals surface area contributed by atoms with E-state index in [0.717, 1.165) is 19.3 Å². The molecule has 0 amide bonds. The Hall–Kier alpha value is -0.790. The first-order valence-corrected chi connectivity index (χ1v) is 4.83. The van der Waals surface area contributed by atoms with Crippen LogP contribution in [0.1, 0.15) is 40.0 Å². The topological polar surface area (TPSA) is 37.3 Å². The van der Waals surface area contributed by atoms with E-state index in [1.807, 2.05) is 13.8 Å². The molecule has 1 N–H and O–H groups in total. The van der Waals surface area contributed by atoms with Gasteiger partial charge in [0.1, 0.15) is 0 Å². The fourth-order valence-corrected chi connectivity index (χ4v) is 1.80. The Labute approximate surface area is 79.6 Å². The highest BCUT2D eigenvalue weighted by Gasteiger charge is 2.36. The zero-order chi connectivity index (χ0) is 10.1. The molecule has 13 heavy (non-hydrogen) atoms. The van der Waals surface area contributed by atoms with E-state index in [-0.39, 0.29) is 0 Å². The van der Waals surface area contributed by atoms with Crippen LogP contribution in [0.2, 0.25) is 0 Å². The SMILES string of the molecule is CC1=CCC(C(C)(C)C(=O)O)CC1. The van der Waals surface area contributed by atoms with Gasteiger partial charge in [-0.3, -0.25) is 4.79 Å². The van der Waals surface area contributed by atoms with Gasteiger partial charge in [-0.1, -0.05) is 11.6 Å². The van der Waals surface area contributed by atoms with E-state index in [9.17, 15) is 4.79 Å². The van der Waals surface area contributed by atoms with Crippen LogP contribution < -0.4 is 0 Å². The zero-order valence-corrected chi connectivity index (χ0v) is 8.63. The Morgan fingerprint density at radius 2 is 2.23 bits per heavy atom. The Balaban J connectivity index is 2.69. The quantitative estimate of drug-likeness (QED) is 0.667. The molecule has 0 fully saturated rings. The summed E-state index contributed by atoms with van der Waals surface area (Å²) >= 11 is 0. The number of hydrogen-bond donors (Lipinski definition) is 1. The normalized spacial score (nSPS) is 23.9. The van der Waals surface area contributed by atoms with Gasteiger partial charge < -0.3 is 5.11 Å². The lowest BCUT2D eigenvalue weighted by Gasteiger charge is -2.32. The standard InChI is InChI=1S/C11H18O2/c1-8-4-6-9(7-5-8)11(2,3)10(12)13/h4,9H,5-7H2,1-3H3,(H,12,13). The first kappa shape index (κ1) is 10.3. The van der Waals surface area contributed by atoms with Gasteiger partial charge in [0.05, 0.1) is 5.41 Å². The molecular weight excluding hydrogens is 164 g/mol. The minimum atomic E-state index is -0.676. The van der Waals surface area contributed by atoms with Crippen molar-refractivity contribution in [2.45, 2.75) is 40.0 Å². The molecule has 1 unspecified atom stereocenters. The second-order valence-corrected chi connectivity index (χ2v) is 4.55. The number of aliphatic carboxylic acids is 1. The smallest absolute Gasteiger partial charge is 0.309 e. The number of carbonyl (C=O) groups is 1. The van der Waals surface area contributed by atoms with E-state index in [4.69, 9.17) is 5.11 Å². The van der Waals surface area contributed by atoms with Crippen molar-refractivity contribution in [3.63, 3.8) is 0 Å². The first-order chi connectivity index (χ1) is 5.94. The van der Waals surface area contributed by atoms with Gasteiger partial charge in [-0.05, 0) is 46.0 Å². The lowest BCUT2D eigenvalue weighted by molar-refractivity contribution is -0.150. The van der Waals surface area contributed by atoms with E-state index in [0.29, 0.717) is 5.92 Å². The average molecular weight is 182 g/mol. The van der Waals surface area contributed by atoms with E-state index < -0.39 is 11.4 Å². The molecule has 0 spiro atoms. The molecular formula is C11H18O2. The molecule has 0 bridgehead atoms. The lowest BCUT2D eigenvalue weighted by Crippen LogP contribution is -2.33. The van der Waals surface area contributed by atoms with Gasteiger partial charge in [-0.2, -0.15) is 0 Å². The van der Waals surface area contributed by atoms with Gasteiger partial charge in [0, 0.05) is 0 Å². The molecule has 1 aliphatic carbocycles. The van der Waals surface area contributed by atoms with Gasteiger partial charge in [0.15, 0.2) is 0 Å². The summed E-state index contributed by atoms with van der Waals surface area (Å²) in [6, 6.07) is 0. The van der Waals surface area contributed by atoms with Gasteiger partial charge in [0.2, 0.25) is 0 Å². The monoisotopic (exact) mass is 182 g/mol. The third-order valence-electron chi connectivity index (χ3n) is 3.21. The largest absolute Gasteiger partial charge is 0.481 e. The van der Waals surface area contributed by atoms with Crippen molar-refractivity contribution in [1.29, 1.82) is 0 Å². The highest BCUT2D eigenvalue weighted by atomic mass is 16.4. The number of rotatable bonds is 2. The second kappa shape index (κ2) is 3.52. The van der Waals surface area contributed by atoms with Crippen molar-refractivity contribution in [1.82, 2.24) is 0 Å². The van der Waals surface area contributed by atoms with Crippen LogP contribution in [0.25, 0.3) is 0 Å². The predicted octanol–water partition coefficient (Wildman–Crippen LogP) is 2.84. The average Bonchev–Trinajstić information content (AvgIpc) is 2.04. The third-order valence-corrected chi connectivity index (χ3v) is 3.21. The molecule has 0 aromatic carbocycles. The first-order valence-electron chi connectivity index (χ1n) is 4.83. The van der Waals surface area contributed by atoms with Crippen LogP contribution >= 0.6 is 0 Å². The van der Waals surface area contributed by atoms with E-state index in [1.54, 1.807) is 0 Å². The van der Waals surface area contributed by atoms with Crippen molar-refractivity contribution < 1.29 is 9.90 Å². The van der Waals surface area contributed by atoms with E-state index >= 15 is 0 Å². The molecule has 74 valence electrons. The minimum absolute atomic E-state index is 0.300. The van der Waals surface area contributed by atoms with Crippen molar-refractivity contribution in [3.05, 3.63) is 11.6 Å². The lowest BCUT2D eigenvalue weighted by atomic mass is 9.72. The minimum Gasteiger partial charge on any atom is -0.481 e. The maximum absolute atomic E-state index is 11.0. The molecule has 0 aromatic rings. The highest BCUT2D eigenvalue weighted by Crippen LogP contribution is 2.37. The van der Waals surface area contributed by atoms with Crippen molar-refractivity contribution >= 4 is 5.97 Å². The maximum atomic E-state index is 11.0. The van der Waals surface area contributed by atoms with Crippen LogP contribution in [-0.4, -0.2) is 11.1 Å². The number of hydrogen-bond acceptors (Lipinski definition) is 1. The van der Waals surface area contributed by atoms with E-state index in [1.165, 1.54) is 5.57 Å². The summed E-state index contributed by atoms with van der Waals surface area (Å²) in [5.74, 6) is -0.376. The molecule has 0 saturated carbocycles. The summed E-state index contributed by atoms with van der Waals surface area (Å²) < 4.78 is 0. The number of carboxylic acids is 1. The Bertz CT molecular complexity index is 238. The Morgan fingerprint density at radius 3 is 2.62 bits per heavy atom. The van der Waals surface area contributed by atoms with Crippen LogP contribution in [0.15, 0.2) is 11.6 Å². The van der Waals surface area contributed by atoms with Gasteiger partial charge >= 0.3 is 5.97 Å². The molecule has 0 heterocycles. The molecule has 0 radical (unpaired) electrons. The molecule has 0 aliphatic heterocycles. The summed E-state index contributed by atoms with van der Waals surface area (Å²) in [7, 11) is 0. The zero-order valence-electron chi connectivity index (χ0n) is 8.63. The van der Waals surface area contributed by atoms with Crippen molar-refractivity contribution in [3.8, 4) is 0 Å². The van der Waals surface area contributed by atoms with Gasteiger partial charge in [0.25, 0.3) is 0 Å². The highest BCUT2D eigenvalue weighted by molar-refractivity contribution is 5.74. The van der Waals surface area contributed by atoms with E-state index in [2.05, 4.69) is 13.0 Å². The van der Waals surface area contributed by atoms with Crippen LogP contribution in [-0.2, 0) is 4.79 Å². The molecule has 1 aliphatic rings. The van der Waals surface area contributed by atoms with Crippen LogP contribution in [0.5, 0.6) is 0 Å². The third kappa shape index (κ3) is 2.11. The fraction of sp³-hybridized carbons (Fsp3) is 0.727. The Morgan fingerprint density at radius 1 is 1.62 bits per heavy atom. The van der Waals surface area contributed by atoms with Crippen LogP contribution in [0.3, 0.4) is 0 Å². The molecule has 2 heteroatoms. The number of carboxylic acid groups (broad SMARTS) is 1. The van der Waals surface area contributed by atoms with Crippen molar-refractivity contribution in [2.24, 2.45) is 11.3 Å². The molecule has 1 atom stereocenters.